The summed E-state index contributed by atoms with van der Waals surface area (Å²) in [5.74, 6) is 1.19. The van der Waals surface area contributed by atoms with Gasteiger partial charge < -0.3 is 11.1 Å². The molecule has 0 radical (unpaired) electrons. The fourth-order valence-corrected chi connectivity index (χ4v) is 1.71. The molecule has 1 atom stereocenters. The van der Waals surface area contributed by atoms with Crippen LogP contribution in [0.3, 0.4) is 0 Å². The minimum Gasteiger partial charge on any atom is -0.330 e. The van der Waals surface area contributed by atoms with E-state index in [0.29, 0.717) is 0 Å². The van der Waals surface area contributed by atoms with E-state index >= 15 is 0 Å². The highest BCUT2D eigenvalue weighted by atomic mass is 32.2. The van der Waals surface area contributed by atoms with Crippen molar-refractivity contribution in [3.8, 4) is 0 Å². The van der Waals surface area contributed by atoms with Crippen LogP contribution in [0.5, 0.6) is 0 Å². The second-order valence-electron chi connectivity index (χ2n) is 2.36. The normalized spacial score (nSPS) is 13.5. The third-order valence-electron chi connectivity index (χ3n) is 1.33. The number of hydrogen-bond donors (Lipinski definition) is 2. The molecule has 0 aliphatic heterocycles. The molecule has 0 amide bonds. The molecule has 0 bridgehead atoms. The van der Waals surface area contributed by atoms with E-state index in [1.165, 1.54) is 5.75 Å². The molecule has 1 unspecified atom stereocenters. The molecule has 0 aromatic carbocycles. The molecular formula is C7H18N2S. The standard InChI is InChI=1S/C7H18N2S/c1-7(3-4-8)10-6-5-9-2/h7,9H,3-6,8H2,1-2H3. The van der Waals surface area contributed by atoms with Crippen molar-refractivity contribution >= 4 is 11.8 Å². The third-order valence-corrected chi connectivity index (χ3v) is 2.57. The fourth-order valence-electron chi connectivity index (χ4n) is 0.680. The predicted molar refractivity (Wildman–Crippen MR) is 49.5 cm³/mol. The molecule has 0 aromatic rings. The minimum atomic E-state index is 0.721. The number of nitrogens with one attached hydrogen (secondary N) is 1. The van der Waals surface area contributed by atoms with Crippen LogP contribution >= 0.6 is 11.8 Å². The topological polar surface area (TPSA) is 38.0 Å². The number of thioether (sulfide) groups is 1. The Labute approximate surface area is 67.9 Å². The summed E-state index contributed by atoms with van der Waals surface area (Å²) >= 11 is 1.98. The van der Waals surface area contributed by atoms with Crippen LogP contribution in [-0.4, -0.2) is 31.1 Å². The molecule has 0 aliphatic carbocycles. The first kappa shape index (κ1) is 10.3. The lowest BCUT2D eigenvalue weighted by molar-refractivity contribution is 0.816. The highest BCUT2D eigenvalue weighted by molar-refractivity contribution is 7.99. The van der Waals surface area contributed by atoms with Crippen molar-refractivity contribution in [2.75, 3.05) is 25.9 Å². The van der Waals surface area contributed by atoms with E-state index in [4.69, 9.17) is 5.73 Å². The summed E-state index contributed by atoms with van der Waals surface area (Å²) in [5.41, 5.74) is 5.40. The molecule has 0 rings (SSSR count). The largest absolute Gasteiger partial charge is 0.330 e. The van der Waals surface area contributed by atoms with Gasteiger partial charge in [-0.2, -0.15) is 11.8 Å². The van der Waals surface area contributed by atoms with Gasteiger partial charge in [-0.15, -0.1) is 0 Å². The maximum absolute atomic E-state index is 5.40. The van der Waals surface area contributed by atoms with E-state index in [9.17, 15) is 0 Å². The SMILES string of the molecule is CNCCSC(C)CCN. The van der Waals surface area contributed by atoms with Gasteiger partial charge in [0.05, 0.1) is 0 Å². The molecule has 0 fully saturated rings. The maximum Gasteiger partial charge on any atom is 0.00606 e. The van der Waals surface area contributed by atoms with Gasteiger partial charge in [-0.1, -0.05) is 6.92 Å². The molecule has 62 valence electrons. The van der Waals surface area contributed by atoms with Gasteiger partial charge in [-0.25, -0.2) is 0 Å². The Morgan fingerprint density at radius 1 is 1.60 bits per heavy atom. The molecule has 3 heteroatoms. The second-order valence-corrected chi connectivity index (χ2v) is 3.91. The van der Waals surface area contributed by atoms with Crippen molar-refractivity contribution in [2.24, 2.45) is 5.73 Å². The maximum atomic E-state index is 5.40. The van der Waals surface area contributed by atoms with Crippen molar-refractivity contribution in [1.82, 2.24) is 5.32 Å². The Morgan fingerprint density at radius 3 is 2.80 bits per heavy atom. The van der Waals surface area contributed by atoms with Crippen LogP contribution in [0.1, 0.15) is 13.3 Å². The van der Waals surface area contributed by atoms with Gasteiger partial charge in [-0.3, -0.25) is 0 Å². The van der Waals surface area contributed by atoms with Crippen LogP contribution in [0.15, 0.2) is 0 Å². The Bertz CT molecular complexity index is 68.6. The van der Waals surface area contributed by atoms with Crippen molar-refractivity contribution in [3.63, 3.8) is 0 Å². The minimum absolute atomic E-state index is 0.721. The molecule has 0 aromatic heterocycles. The third kappa shape index (κ3) is 6.39. The first-order valence-corrected chi connectivity index (χ1v) is 4.82. The molecule has 0 saturated heterocycles. The van der Waals surface area contributed by atoms with Crippen molar-refractivity contribution in [3.05, 3.63) is 0 Å². The predicted octanol–water partition coefficient (Wildman–Crippen LogP) is 0.676. The average Bonchev–Trinajstić information content (AvgIpc) is 1.89. The van der Waals surface area contributed by atoms with Gasteiger partial charge in [-0.05, 0) is 20.0 Å². The molecule has 0 heterocycles. The summed E-state index contributed by atoms with van der Waals surface area (Å²) in [5, 5.41) is 3.83. The lowest BCUT2D eigenvalue weighted by atomic mass is 10.3. The molecular weight excluding hydrogens is 144 g/mol. The quantitative estimate of drug-likeness (QED) is 0.564. The van der Waals surface area contributed by atoms with E-state index in [-0.39, 0.29) is 0 Å². The van der Waals surface area contributed by atoms with Gasteiger partial charge in [0.25, 0.3) is 0 Å². The van der Waals surface area contributed by atoms with Crippen molar-refractivity contribution in [2.45, 2.75) is 18.6 Å². The summed E-state index contributed by atoms with van der Waals surface area (Å²) < 4.78 is 0. The molecule has 0 aliphatic rings. The van der Waals surface area contributed by atoms with Crippen LogP contribution < -0.4 is 11.1 Å². The van der Waals surface area contributed by atoms with E-state index < -0.39 is 0 Å². The van der Waals surface area contributed by atoms with Crippen LogP contribution in [-0.2, 0) is 0 Å². The molecule has 3 N–H and O–H groups in total. The number of nitrogens with two attached hydrogens (primary N) is 1. The first-order chi connectivity index (χ1) is 4.81. The lowest BCUT2D eigenvalue weighted by Gasteiger charge is -2.08. The number of rotatable bonds is 6. The zero-order valence-corrected chi connectivity index (χ0v) is 7.71. The highest BCUT2D eigenvalue weighted by Gasteiger charge is 1.98. The van der Waals surface area contributed by atoms with Crippen LogP contribution in [0.25, 0.3) is 0 Å². The van der Waals surface area contributed by atoms with Crippen LogP contribution in [0.4, 0.5) is 0 Å². The zero-order valence-electron chi connectivity index (χ0n) is 6.89. The summed E-state index contributed by atoms with van der Waals surface area (Å²) in [6.45, 7) is 4.14. The Morgan fingerprint density at radius 2 is 2.30 bits per heavy atom. The fraction of sp³-hybridized carbons (Fsp3) is 1.00. The van der Waals surface area contributed by atoms with Gasteiger partial charge in [0.2, 0.25) is 0 Å². The van der Waals surface area contributed by atoms with E-state index in [1.54, 1.807) is 0 Å². The monoisotopic (exact) mass is 162 g/mol. The molecule has 0 spiro atoms. The van der Waals surface area contributed by atoms with Crippen LogP contribution in [0.2, 0.25) is 0 Å². The van der Waals surface area contributed by atoms with E-state index in [1.807, 2.05) is 18.8 Å². The van der Waals surface area contributed by atoms with Gasteiger partial charge in [0.15, 0.2) is 0 Å². The first-order valence-electron chi connectivity index (χ1n) is 3.77. The lowest BCUT2D eigenvalue weighted by Crippen LogP contribution is -2.13. The Kier molecular flexibility index (Phi) is 7.58. The van der Waals surface area contributed by atoms with Gasteiger partial charge in [0.1, 0.15) is 0 Å². The van der Waals surface area contributed by atoms with E-state index in [2.05, 4.69) is 12.2 Å². The van der Waals surface area contributed by atoms with Crippen LogP contribution in [0, 0.1) is 0 Å². The molecule has 10 heavy (non-hydrogen) atoms. The van der Waals surface area contributed by atoms with Gasteiger partial charge in [0, 0.05) is 17.5 Å². The summed E-state index contributed by atoms with van der Waals surface area (Å²) in [6, 6.07) is 0. The van der Waals surface area contributed by atoms with E-state index in [0.717, 1.165) is 24.8 Å². The second kappa shape index (κ2) is 7.38. The van der Waals surface area contributed by atoms with Crippen molar-refractivity contribution < 1.29 is 0 Å². The smallest absolute Gasteiger partial charge is 0.00606 e. The summed E-state index contributed by atoms with van der Waals surface area (Å²) in [6.07, 6.45) is 1.13. The molecule has 2 nitrogen and oxygen atoms in total. The number of hydrogen-bond acceptors (Lipinski definition) is 3. The highest BCUT2D eigenvalue weighted by Crippen LogP contribution is 2.11. The van der Waals surface area contributed by atoms with Crippen molar-refractivity contribution in [1.29, 1.82) is 0 Å². The van der Waals surface area contributed by atoms with Gasteiger partial charge >= 0.3 is 0 Å². The summed E-state index contributed by atoms with van der Waals surface area (Å²) in [4.78, 5) is 0. The molecule has 0 saturated carbocycles. The summed E-state index contributed by atoms with van der Waals surface area (Å²) in [7, 11) is 1.98. The Balaban J connectivity index is 2.97. The average molecular weight is 162 g/mol. The zero-order chi connectivity index (χ0) is 7.82. The Hall–Kier alpha value is 0.270.